The van der Waals surface area contributed by atoms with Crippen LogP contribution in [0, 0.1) is 6.92 Å². The van der Waals surface area contributed by atoms with Gasteiger partial charge in [-0.25, -0.2) is 8.42 Å². The molecule has 1 atom stereocenters. The van der Waals surface area contributed by atoms with E-state index in [1.165, 1.54) is 19.1 Å². The average Bonchev–Trinajstić information content (AvgIpc) is 3.23. The van der Waals surface area contributed by atoms with Gasteiger partial charge in [0.1, 0.15) is 12.4 Å². The average molecular weight is 524 g/mol. The van der Waals surface area contributed by atoms with E-state index in [2.05, 4.69) is 25.6 Å². The number of carbonyl (C=O) groups is 1. The van der Waals surface area contributed by atoms with Gasteiger partial charge in [-0.3, -0.25) is 14.6 Å². The molecule has 11 heteroatoms. The van der Waals surface area contributed by atoms with Gasteiger partial charge in [-0.15, -0.1) is 0 Å². The molecular weight excluding hydrogens is 494 g/mol. The molecule has 0 spiro atoms. The fraction of sp³-hybridized carbons (Fsp3) is 0.231. The fourth-order valence-corrected chi connectivity index (χ4v) is 4.89. The Morgan fingerprint density at radius 2 is 1.86 bits per heavy atom. The Bertz CT molecular complexity index is 1500. The van der Waals surface area contributed by atoms with Crippen molar-refractivity contribution in [1.82, 2.24) is 15.5 Å². The second-order valence-corrected chi connectivity index (χ2v) is 10.2. The molecule has 0 unspecified atom stereocenters. The molecule has 0 aliphatic carbocycles. The summed E-state index contributed by atoms with van der Waals surface area (Å²) in [6, 6.07) is 18.3. The second kappa shape index (κ2) is 11.4. The number of H-pyrrole nitrogens is 1. The van der Waals surface area contributed by atoms with E-state index in [9.17, 15) is 18.3 Å². The zero-order valence-corrected chi connectivity index (χ0v) is 21.3. The number of sulfonamides is 1. The van der Waals surface area contributed by atoms with Crippen LogP contribution in [0.5, 0.6) is 5.75 Å². The number of amides is 1. The first-order valence-corrected chi connectivity index (χ1v) is 13.2. The highest BCUT2D eigenvalue weighted by Gasteiger charge is 2.16. The predicted octanol–water partition coefficient (Wildman–Crippen LogP) is 3.33. The number of hydrogen-bond acceptors (Lipinski definition) is 7. The van der Waals surface area contributed by atoms with Gasteiger partial charge in [-0.05, 0) is 55.0 Å². The Hall–Kier alpha value is -3.93. The Balaban J connectivity index is 1.29. The maximum absolute atomic E-state index is 12.8. The number of aryl methyl sites for hydroxylation is 1. The Labute approximate surface area is 215 Å². The molecule has 0 aliphatic rings. The van der Waals surface area contributed by atoms with Crippen molar-refractivity contribution >= 4 is 38.2 Å². The molecule has 0 aliphatic heterocycles. The van der Waals surface area contributed by atoms with Crippen LogP contribution in [0.1, 0.15) is 24.3 Å². The number of hydrogen-bond donors (Lipinski definition) is 5. The highest BCUT2D eigenvalue weighted by molar-refractivity contribution is 7.92. The molecule has 5 N–H and O–H groups in total. The zero-order chi connectivity index (χ0) is 26.4. The number of carbonyl (C=O) groups excluding carboxylic acids is 1. The molecule has 0 saturated heterocycles. The van der Waals surface area contributed by atoms with E-state index >= 15 is 0 Å². The number of benzene rings is 3. The van der Waals surface area contributed by atoms with Crippen LogP contribution in [0.3, 0.4) is 0 Å². The third-order valence-corrected chi connectivity index (χ3v) is 6.98. The Morgan fingerprint density at radius 1 is 1.08 bits per heavy atom. The summed E-state index contributed by atoms with van der Waals surface area (Å²) in [6.45, 7) is 4.46. The lowest BCUT2D eigenvalue weighted by molar-refractivity contribution is -0.114. The molecule has 0 radical (unpaired) electrons. The second-order valence-electron chi connectivity index (χ2n) is 8.52. The van der Waals surface area contributed by atoms with Crippen molar-refractivity contribution in [2.24, 2.45) is 0 Å². The molecule has 10 nitrogen and oxygen atoms in total. The van der Waals surface area contributed by atoms with E-state index in [-0.39, 0.29) is 17.3 Å². The van der Waals surface area contributed by atoms with E-state index in [0.717, 1.165) is 22.3 Å². The predicted molar refractivity (Wildman–Crippen MR) is 142 cm³/mol. The van der Waals surface area contributed by atoms with Crippen molar-refractivity contribution in [3.05, 3.63) is 78.0 Å². The monoisotopic (exact) mass is 523 g/mol. The molecule has 0 fully saturated rings. The summed E-state index contributed by atoms with van der Waals surface area (Å²) in [6.07, 6.45) is -0.850. The molecule has 37 heavy (non-hydrogen) atoms. The lowest BCUT2D eigenvalue weighted by Crippen LogP contribution is -2.26. The van der Waals surface area contributed by atoms with Crippen LogP contribution in [0.15, 0.2) is 71.6 Å². The number of ether oxygens (including phenoxy) is 1. The van der Waals surface area contributed by atoms with Gasteiger partial charge in [0.05, 0.1) is 22.2 Å². The van der Waals surface area contributed by atoms with Gasteiger partial charge in [0.15, 0.2) is 0 Å². The molecule has 3 aromatic carbocycles. The molecule has 194 valence electrons. The van der Waals surface area contributed by atoms with Crippen LogP contribution >= 0.6 is 0 Å². The quantitative estimate of drug-likeness (QED) is 0.190. The van der Waals surface area contributed by atoms with Gasteiger partial charge in [0.2, 0.25) is 5.91 Å². The topological polar surface area (TPSA) is 145 Å². The van der Waals surface area contributed by atoms with Crippen LogP contribution < -0.4 is 20.1 Å². The fourth-order valence-electron chi connectivity index (χ4n) is 3.79. The van der Waals surface area contributed by atoms with Crippen molar-refractivity contribution in [1.29, 1.82) is 0 Å². The number of aliphatic hydroxyl groups excluding tert-OH is 1. The first kappa shape index (κ1) is 26.1. The van der Waals surface area contributed by atoms with Crippen molar-refractivity contribution in [3.8, 4) is 5.75 Å². The van der Waals surface area contributed by atoms with Gasteiger partial charge in [0, 0.05) is 42.8 Å². The number of anilines is 2. The van der Waals surface area contributed by atoms with E-state index in [1.54, 1.807) is 36.4 Å². The summed E-state index contributed by atoms with van der Waals surface area (Å²) in [7, 11) is -3.90. The van der Waals surface area contributed by atoms with Crippen molar-refractivity contribution in [3.63, 3.8) is 0 Å². The molecule has 1 heterocycles. The molecule has 0 bridgehead atoms. The van der Waals surface area contributed by atoms with Gasteiger partial charge in [-0.2, -0.15) is 5.10 Å². The highest BCUT2D eigenvalue weighted by atomic mass is 32.2. The van der Waals surface area contributed by atoms with Crippen LogP contribution in [-0.2, 0) is 14.8 Å². The first-order chi connectivity index (χ1) is 17.7. The summed E-state index contributed by atoms with van der Waals surface area (Å²) < 4.78 is 34.0. The number of aromatic amines is 1. The van der Waals surface area contributed by atoms with E-state index in [4.69, 9.17) is 4.74 Å². The third-order valence-electron chi connectivity index (χ3n) is 5.60. The smallest absolute Gasteiger partial charge is 0.261 e. The summed E-state index contributed by atoms with van der Waals surface area (Å²) in [5.41, 5.74) is 3.10. The number of aromatic nitrogens is 2. The normalized spacial score (nSPS) is 12.3. The van der Waals surface area contributed by atoms with Crippen LogP contribution in [0.2, 0.25) is 0 Å². The van der Waals surface area contributed by atoms with E-state index < -0.39 is 16.1 Å². The Morgan fingerprint density at radius 3 is 2.68 bits per heavy atom. The minimum absolute atomic E-state index is 0.00758. The van der Waals surface area contributed by atoms with Crippen LogP contribution in [0.4, 0.5) is 11.4 Å². The molecule has 0 saturated carbocycles. The number of nitrogens with zero attached hydrogens (tertiary/aromatic N) is 1. The SMILES string of the molecule is CC(=O)Nc1cccc(S(=O)(=O)Nc2cccc([C@@H](O)CNCCOc3ccc4c(C)n[nH]c4c3)c2)c1. The van der Waals surface area contributed by atoms with Gasteiger partial charge in [0.25, 0.3) is 10.0 Å². The minimum Gasteiger partial charge on any atom is -0.492 e. The first-order valence-electron chi connectivity index (χ1n) is 11.7. The summed E-state index contributed by atoms with van der Waals surface area (Å²) in [4.78, 5) is 11.3. The number of rotatable bonds is 11. The molecular formula is C26H29N5O5S. The standard InChI is InChI=1S/C26H29N5O5S/c1-17-24-10-9-22(15-25(24)30-29-17)36-12-11-27-16-26(33)19-5-3-7-21(13-19)31-37(34,35)23-8-4-6-20(14-23)28-18(2)32/h3-10,13-15,26-27,31,33H,11-12,16H2,1-2H3,(H,28,32)(H,29,30)/t26-/m0/s1. The maximum Gasteiger partial charge on any atom is 0.261 e. The lowest BCUT2D eigenvalue weighted by Gasteiger charge is -2.15. The maximum atomic E-state index is 12.8. The zero-order valence-electron chi connectivity index (χ0n) is 20.5. The lowest BCUT2D eigenvalue weighted by atomic mass is 10.1. The molecule has 4 aromatic rings. The van der Waals surface area contributed by atoms with Crippen molar-refractivity contribution in [2.75, 3.05) is 29.7 Å². The largest absolute Gasteiger partial charge is 0.492 e. The van der Waals surface area contributed by atoms with E-state index in [0.29, 0.717) is 30.1 Å². The number of aliphatic hydroxyl groups is 1. The summed E-state index contributed by atoms with van der Waals surface area (Å²) in [5, 5.41) is 24.5. The minimum atomic E-state index is -3.90. The summed E-state index contributed by atoms with van der Waals surface area (Å²) in [5.74, 6) is 0.427. The van der Waals surface area contributed by atoms with Crippen molar-refractivity contribution in [2.45, 2.75) is 24.8 Å². The van der Waals surface area contributed by atoms with Gasteiger partial charge >= 0.3 is 0 Å². The van der Waals surface area contributed by atoms with Gasteiger partial charge in [-0.1, -0.05) is 18.2 Å². The molecule has 1 amide bonds. The van der Waals surface area contributed by atoms with Crippen molar-refractivity contribution < 1.29 is 23.1 Å². The third kappa shape index (κ3) is 6.85. The van der Waals surface area contributed by atoms with Gasteiger partial charge < -0.3 is 20.5 Å². The van der Waals surface area contributed by atoms with E-state index in [1.807, 2.05) is 25.1 Å². The van der Waals surface area contributed by atoms with Crippen LogP contribution in [-0.4, -0.2) is 49.3 Å². The summed E-state index contributed by atoms with van der Waals surface area (Å²) >= 11 is 0. The van der Waals surface area contributed by atoms with Crippen LogP contribution in [0.25, 0.3) is 10.9 Å². The number of fused-ring (bicyclic) bond motifs is 1. The number of nitrogens with one attached hydrogen (secondary N) is 4. The highest BCUT2D eigenvalue weighted by Crippen LogP contribution is 2.23. The Kier molecular flexibility index (Phi) is 8.07. The molecule has 4 rings (SSSR count). The molecule has 1 aromatic heterocycles.